The van der Waals surface area contributed by atoms with Crippen molar-refractivity contribution in [2.24, 2.45) is 13.0 Å². The number of fused-ring (bicyclic) bond motifs is 3. The summed E-state index contributed by atoms with van der Waals surface area (Å²) >= 11 is 0. The molecule has 6 aliphatic rings. The summed E-state index contributed by atoms with van der Waals surface area (Å²) in [6.45, 7) is 6.65. The van der Waals surface area contributed by atoms with Gasteiger partial charge in [-0.05, 0) is 82.4 Å². The number of carbonyl (C=O) groups excluding carboxylic acids is 3. The first-order chi connectivity index (χ1) is 27.9. The van der Waals surface area contributed by atoms with Gasteiger partial charge in [-0.15, -0.1) is 0 Å². The molecule has 1 aromatic carbocycles. The number of ether oxygens (including phenoxy) is 1. The predicted molar refractivity (Wildman–Crippen MR) is 216 cm³/mol. The van der Waals surface area contributed by atoms with Gasteiger partial charge in [0.05, 0.1) is 23.1 Å². The maximum atomic E-state index is 13.7. The lowest BCUT2D eigenvalue weighted by Crippen LogP contribution is -2.55. The summed E-state index contributed by atoms with van der Waals surface area (Å²) in [7, 11) is -1.92. The molecule has 2 N–H and O–H groups in total. The third-order valence-electron chi connectivity index (χ3n) is 13.5. The SMILES string of the molecule is CC1CCCC1N1C(=O)C2(CC2)c2cnc(NC3CCN(S(=O)(=O)N4CCN(CCCCOc5ccc6c(c5)n(C)c(=O)n6C5CCC(=O)NC5=O)CC4)CC3)nc21. The number of aromatic nitrogens is 4. The van der Waals surface area contributed by atoms with Gasteiger partial charge in [0.1, 0.15) is 17.6 Å². The molecule has 0 radical (unpaired) electrons. The van der Waals surface area contributed by atoms with Crippen molar-refractivity contribution in [1.82, 2.24) is 37.9 Å². The number of imide groups is 1. The minimum atomic E-state index is -3.58. The quantitative estimate of drug-likeness (QED) is 0.202. The molecular weight excluding hydrogens is 765 g/mol. The highest BCUT2D eigenvalue weighted by molar-refractivity contribution is 7.86. The molecule has 1 spiro atoms. The van der Waals surface area contributed by atoms with Crippen LogP contribution in [0.15, 0.2) is 29.2 Å². The second-order valence-corrected chi connectivity index (χ2v) is 19.0. The summed E-state index contributed by atoms with van der Waals surface area (Å²) in [4.78, 5) is 64.6. The first-order valence-electron chi connectivity index (χ1n) is 21.1. The Morgan fingerprint density at radius 2 is 1.69 bits per heavy atom. The molecule has 3 aromatic rings. The predicted octanol–water partition coefficient (Wildman–Crippen LogP) is 2.27. The number of rotatable bonds is 12. The maximum Gasteiger partial charge on any atom is 0.329 e. The smallest absolute Gasteiger partial charge is 0.329 e. The van der Waals surface area contributed by atoms with E-state index in [-0.39, 0.29) is 42.4 Å². The molecule has 2 aromatic heterocycles. The van der Waals surface area contributed by atoms with Crippen LogP contribution in [0, 0.1) is 5.92 Å². The molecule has 4 aliphatic heterocycles. The molecule has 58 heavy (non-hydrogen) atoms. The third kappa shape index (κ3) is 6.98. The molecule has 18 heteroatoms. The fraction of sp³-hybridized carbons (Fsp3) is 0.650. The minimum absolute atomic E-state index is 0.0414. The van der Waals surface area contributed by atoms with E-state index >= 15 is 0 Å². The van der Waals surface area contributed by atoms with Crippen LogP contribution in [0.5, 0.6) is 5.75 Å². The van der Waals surface area contributed by atoms with Crippen molar-refractivity contribution in [2.75, 3.05) is 62.6 Å². The van der Waals surface area contributed by atoms with Gasteiger partial charge in [-0.3, -0.25) is 33.7 Å². The summed E-state index contributed by atoms with van der Waals surface area (Å²) in [5.74, 6) is 1.77. The van der Waals surface area contributed by atoms with Crippen LogP contribution in [0.2, 0.25) is 0 Å². The van der Waals surface area contributed by atoms with E-state index in [1.807, 2.05) is 11.1 Å². The Morgan fingerprint density at radius 1 is 0.931 bits per heavy atom. The normalized spacial score (nSPS) is 25.8. The van der Waals surface area contributed by atoms with E-state index in [0.717, 1.165) is 62.9 Å². The number of unbranched alkanes of at least 4 members (excludes halogenated alkanes) is 1. The van der Waals surface area contributed by atoms with Crippen molar-refractivity contribution in [3.05, 3.63) is 40.4 Å². The zero-order valence-electron chi connectivity index (χ0n) is 33.4. The van der Waals surface area contributed by atoms with Gasteiger partial charge in [-0.1, -0.05) is 13.3 Å². The number of nitrogens with one attached hydrogen (secondary N) is 2. The first-order valence-corrected chi connectivity index (χ1v) is 22.5. The zero-order chi connectivity index (χ0) is 40.3. The number of carbonyl (C=O) groups is 3. The minimum Gasteiger partial charge on any atom is -0.494 e. The molecule has 6 heterocycles. The Balaban J connectivity index is 0.713. The summed E-state index contributed by atoms with van der Waals surface area (Å²) in [5.41, 5.74) is 1.50. The lowest BCUT2D eigenvalue weighted by Gasteiger charge is -2.39. The molecule has 3 unspecified atom stereocenters. The van der Waals surface area contributed by atoms with Crippen molar-refractivity contribution >= 4 is 50.7 Å². The van der Waals surface area contributed by atoms with E-state index in [0.29, 0.717) is 87.4 Å². The molecular formula is C40H54N10O7S. The Bertz CT molecular complexity index is 2270. The second kappa shape index (κ2) is 15.3. The van der Waals surface area contributed by atoms with Crippen LogP contribution in [0.3, 0.4) is 0 Å². The number of anilines is 2. The highest BCUT2D eigenvalue weighted by Gasteiger charge is 2.62. The van der Waals surface area contributed by atoms with Gasteiger partial charge >= 0.3 is 5.69 Å². The molecule has 3 amide bonds. The fourth-order valence-corrected chi connectivity index (χ4v) is 11.5. The van der Waals surface area contributed by atoms with E-state index in [1.165, 1.54) is 9.13 Å². The molecule has 9 rings (SSSR count). The van der Waals surface area contributed by atoms with Gasteiger partial charge < -0.3 is 15.0 Å². The van der Waals surface area contributed by atoms with Crippen LogP contribution in [0.4, 0.5) is 11.8 Å². The van der Waals surface area contributed by atoms with Gasteiger partial charge in [-0.25, -0.2) is 9.78 Å². The van der Waals surface area contributed by atoms with E-state index in [1.54, 1.807) is 33.9 Å². The van der Waals surface area contributed by atoms with Crippen LogP contribution in [-0.2, 0) is 37.1 Å². The van der Waals surface area contributed by atoms with Crippen molar-refractivity contribution in [2.45, 2.75) is 101 Å². The molecule has 2 saturated carbocycles. The van der Waals surface area contributed by atoms with E-state index in [2.05, 4.69) is 27.4 Å². The largest absolute Gasteiger partial charge is 0.494 e. The van der Waals surface area contributed by atoms with Crippen LogP contribution in [0.1, 0.15) is 89.2 Å². The zero-order valence-corrected chi connectivity index (χ0v) is 34.2. The Hall–Kier alpha value is -4.39. The molecule has 3 atom stereocenters. The highest BCUT2D eigenvalue weighted by atomic mass is 32.2. The number of nitrogens with zero attached hydrogens (tertiary/aromatic N) is 8. The van der Waals surface area contributed by atoms with Gasteiger partial charge in [0.25, 0.3) is 10.2 Å². The molecule has 17 nitrogen and oxygen atoms in total. The van der Waals surface area contributed by atoms with E-state index < -0.39 is 27.6 Å². The van der Waals surface area contributed by atoms with Crippen LogP contribution in [-0.4, -0.2) is 123 Å². The second-order valence-electron chi connectivity index (χ2n) is 17.1. The number of hydrogen-bond donors (Lipinski definition) is 2. The number of amides is 3. The monoisotopic (exact) mass is 818 g/mol. The summed E-state index contributed by atoms with van der Waals surface area (Å²) in [6, 6.07) is 4.87. The lowest BCUT2D eigenvalue weighted by molar-refractivity contribution is -0.135. The topological polar surface area (TPSA) is 184 Å². The van der Waals surface area contributed by atoms with E-state index in [9.17, 15) is 27.6 Å². The third-order valence-corrected chi connectivity index (χ3v) is 15.6. The van der Waals surface area contributed by atoms with Crippen molar-refractivity contribution in [1.29, 1.82) is 0 Å². The van der Waals surface area contributed by atoms with Gasteiger partial charge in [0.2, 0.25) is 23.7 Å². The highest BCUT2D eigenvalue weighted by Crippen LogP contribution is 2.58. The van der Waals surface area contributed by atoms with E-state index in [4.69, 9.17) is 9.72 Å². The molecule has 2 aliphatic carbocycles. The molecule has 5 fully saturated rings. The number of aryl methyl sites for hydroxylation is 1. The molecule has 312 valence electrons. The fourth-order valence-electron chi connectivity index (χ4n) is 9.88. The van der Waals surface area contributed by atoms with Crippen LogP contribution >= 0.6 is 0 Å². The van der Waals surface area contributed by atoms with Gasteiger partial charge in [-0.2, -0.15) is 22.0 Å². The Kier molecular flexibility index (Phi) is 10.3. The number of piperidine rings is 2. The molecule has 3 saturated heterocycles. The lowest BCUT2D eigenvalue weighted by atomic mass is 10.0. The van der Waals surface area contributed by atoms with Gasteiger partial charge in [0.15, 0.2) is 0 Å². The standard InChI is InChI=1S/C40H54N10O7S/c1-26-6-5-7-30(26)50-35-29(40(14-15-40)37(50)53)25-41-38(44-35)42-27-12-17-47(18-13-27)58(55,56)48-21-19-46(20-22-48)16-3-4-23-57-28-8-9-31-33(24-28)45(2)39(54)49(31)32-10-11-34(51)43-36(32)52/h8-9,24-27,30,32H,3-7,10-23H2,1-2H3,(H,41,42,44)(H,43,51,52). The average molecular weight is 819 g/mol. The summed E-state index contributed by atoms with van der Waals surface area (Å²) in [5, 5.41) is 5.80. The average Bonchev–Trinajstić information content (AvgIpc) is 3.79. The summed E-state index contributed by atoms with van der Waals surface area (Å²) < 4.78 is 39.6. The number of piperazine rings is 1. The van der Waals surface area contributed by atoms with Crippen LogP contribution < -0.4 is 26.0 Å². The van der Waals surface area contributed by atoms with Crippen molar-refractivity contribution < 1.29 is 27.5 Å². The number of benzene rings is 1. The Morgan fingerprint density at radius 3 is 2.40 bits per heavy atom. The Labute approximate surface area is 338 Å². The number of imidazole rings is 1. The van der Waals surface area contributed by atoms with Crippen molar-refractivity contribution in [3.63, 3.8) is 0 Å². The first kappa shape index (κ1) is 39.1. The maximum absolute atomic E-state index is 13.7. The van der Waals surface area contributed by atoms with Crippen LogP contribution in [0.25, 0.3) is 11.0 Å². The van der Waals surface area contributed by atoms with Gasteiger partial charge in [0, 0.05) is 82.6 Å². The number of hydrogen-bond acceptors (Lipinski definition) is 11. The summed E-state index contributed by atoms with van der Waals surface area (Å²) in [6.07, 6.45) is 10.3. The van der Waals surface area contributed by atoms with Crippen molar-refractivity contribution in [3.8, 4) is 5.75 Å². The molecule has 0 bridgehead atoms.